The second-order valence-electron chi connectivity index (χ2n) is 5.71. The van der Waals surface area contributed by atoms with Gasteiger partial charge in [-0.1, -0.05) is 74.8 Å². The highest BCUT2D eigenvalue weighted by Crippen LogP contribution is 2.22. The lowest BCUT2D eigenvalue weighted by Crippen LogP contribution is -2.11. The molecule has 2 rings (SSSR count). The van der Waals surface area contributed by atoms with Crippen molar-refractivity contribution in [1.29, 1.82) is 0 Å². The smallest absolute Gasteiger partial charge is 0.156 e. The molecular formula is C17H19ClN2. The van der Waals surface area contributed by atoms with Crippen LogP contribution in [0.3, 0.4) is 0 Å². The number of hydrazone groups is 1. The number of benzene rings is 2. The maximum absolute atomic E-state index is 6.21. The topological polar surface area (TPSA) is 24.4 Å². The Morgan fingerprint density at radius 3 is 2.10 bits per heavy atom. The third-order valence-corrected chi connectivity index (χ3v) is 3.35. The highest BCUT2D eigenvalue weighted by atomic mass is 35.5. The summed E-state index contributed by atoms with van der Waals surface area (Å²) in [7, 11) is 0. The first kappa shape index (κ1) is 14.6. The average molecular weight is 287 g/mol. The molecule has 1 N–H and O–H groups in total. The quantitative estimate of drug-likeness (QED) is 0.623. The van der Waals surface area contributed by atoms with Crippen molar-refractivity contribution >= 4 is 22.5 Å². The van der Waals surface area contributed by atoms with Crippen LogP contribution in [-0.4, -0.2) is 5.17 Å². The van der Waals surface area contributed by atoms with Crippen LogP contribution in [0.15, 0.2) is 59.7 Å². The molecular weight excluding hydrogens is 268 g/mol. The number of hydrogen-bond donors (Lipinski definition) is 1. The number of nitrogens with one attached hydrogen (secondary N) is 1. The largest absolute Gasteiger partial charge is 0.277 e. The van der Waals surface area contributed by atoms with Crippen LogP contribution in [-0.2, 0) is 5.41 Å². The summed E-state index contributed by atoms with van der Waals surface area (Å²) in [6, 6.07) is 17.9. The van der Waals surface area contributed by atoms with Gasteiger partial charge in [0, 0.05) is 5.56 Å². The van der Waals surface area contributed by atoms with Gasteiger partial charge in [0.2, 0.25) is 0 Å². The van der Waals surface area contributed by atoms with Crippen LogP contribution < -0.4 is 5.43 Å². The van der Waals surface area contributed by atoms with Crippen LogP contribution in [0.2, 0.25) is 0 Å². The van der Waals surface area contributed by atoms with Crippen molar-refractivity contribution in [1.82, 2.24) is 0 Å². The molecule has 0 radical (unpaired) electrons. The molecule has 0 aliphatic rings. The van der Waals surface area contributed by atoms with E-state index in [1.165, 1.54) is 5.56 Å². The Balaban J connectivity index is 2.11. The van der Waals surface area contributed by atoms with Gasteiger partial charge in [-0.3, -0.25) is 5.43 Å². The Bertz CT molecular complexity index is 581. The lowest BCUT2D eigenvalue weighted by Gasteiger charge is -2.18. The normalized spacial score (nSPS) is 12.3. The molecule has 0 aromatic heterocycles. The minimum atomic E-state index is 0.143. The summed E-state index contributed by atoms with van der Waals surface area (Å²) >= 11 is 6.21. The maximum Gasteiger partial charge on any atom is 0.156 e. The molecule has 0 heterocycles. The Labute approximate surface area is 125 Å². The molecule has 2 nitrogen and oxygen atoms in total. The molecule has 2 aromatic rings. The highest BCUT2D eigenvalue weighted by Gasteiger charge is 2.13. The van der Waals surface area contributed by atoms with E-state index in [4.69, 9.17) is 11.6 Å². The van der Waals surface area contributed by atoms with Gasteiger partial charge in [0.05, 0.1) is 5.69 Å². The van der Waals surface area contributed by atoms with Gasteiger partial charge in [0.1, 0.15) is 0 Å². The molecule has 104 valence electrons. The standard InChI is InChI=1S/C17H19ClN2/c1-17(2,3)14-11-9-13(10-12-14)16(18)20-19-15-7-5-4-6-8-15/h4-12,19H,1-3H3/b20-16-. The summed E-state index contributed by atoms with van der Waals surface area (Å²) < 4.78 is 0. The molecule has 0 spiro atoms. The van der Waals surface area contributed by atoms with E-state index < -0.39 is 0 Å². The van der Waals surface area contributed by atoms with Crippen LogP contribution >= 0.6 is 11.6 Å². The fraction of sp³-hybridized carbons (Fsp3) is 0.235. The molecule has 2 aromatic carbocycles. The van der Waals surface area contributed by atoms with Gasteiger partial charge >= 0.3 is 0 Å². The van der Waals surface area contributed by atoms with Crippen molar-refractivity contribution in [3.8, 4) is 0 Å². The third kappa shape index (κ3) is 3.84. The predicted molar refractivity (Wildman–Crippen MR) is 87.6 cm³/mol. The van der Waals surface area contributed by atoms with E-state index in [0.717, 1.165) is 11.3 Å². The van der Waals surface area contributed by atoms with Crippen LogP contribution in [0.1, 0.15) is 31.9 Å². The summed E-state index contributed by atoms with van der Waals surface area (Å²) in [5.41, 5.74) is 6.19. The fourth-order valence-corrected chi connectivity index (χ4v) is 1.97. The molecule has 0 unspecified atom stereocenters. The average Bonchev–Trinajstić information content (AvgIpc) is 2.45. The number of anilines is 1. The van der Waals surface area contributed by atoms with Gasteiger partial charge in [-0.05, 0) is 23.1 Å². The molecule has 0 aliphatic heterocycles. The van der Waals surface area contributed by atoms with Crippen molar-refractivity contribution < 1.29 is 0 Å². The highest BCUT2D eigenvalue weighted by molar-refractivity contribution is 6.69. The van der Waals surface area contributed by atoms with Crippen LogP contribution in [0.25, 0.3) is 0 Å². The van der Waals surface area contributed by atoms with Gasteiger partial charge in [0.25, 0.3) is 0 Å². The van der Waals surface area contributed by atoms with Gasteiger partial charge in [-0.15, -0.1) is 0 Å². The first-order chi connectivity index (χ1) is 9.47. The molecule has 0 saturated heterocycles. The summed E-state index contributed by atoms with van der Waals surface area (Å²) in [5, 5.41) is 4.64. The van der Waals surface area contributed by atoms with Crippen molar-refractivity contribution in [3.63, 3.8) is 0 Å². The summed E-state index contributed by atoms with van der Waals surface area (Å²) in [6.07, 6.45) is 0. The minimum absolute atomic E-state index is 0.143. The Morgan fingerprint density at radius 2 is 1.55 bits per heavy atom. The zero-order valence-corrected chi connectivity index (χ0v) is 12.8. The van der Waals surface area contributed by atoms with Crippen LogP contribution in [0, 0.1) is 0 Å². The fourth-order valence-electron chi connectivity index (χ4n) is 1.80. The lowest BCUT2D eigenvalue weighted by molar-refractivity contribution is 0.590. The molecule has 20 heavy (non-hydrogen) atoms. The first-order valence-corrected chi connectivity index (χ1v) is 7.00. The molecule has 0 aliphatic carbocycles. The number of halogens is 1. The zero-order valence-electron chi connectivity index (χ0n) is 12.0. The van der Waals surface area contributed by atoms with E-state index in [1.54, 1.807) is 0 Å². The minimum Gasteiger partial charge on any atom is -0.277 e. The van der Waals surface area contributed by atoms with Crippen molar-refractivity contribution in [3.05, 3.63) is 65.7 Å². The first-order valence-electron chi connectivity index (χ1n) is 6.62. The Kier molecular flexibility index (Phi) is 4.46. The van der Waals surface area contributed by atoms with E-state index in [0.29, 0.717) is 5.17 Å². The number of nitrogens with zero attached hydrogens (tertiary/aromatic N) is 1. The van der Waals surface area contributed by atoms with E-state index >= 15 is 0 Å². The van der Waals surface area contributed by atoms with Crippen molar-refractivity contribution in [2.45, 2.75) is 26.2 Å². The molecule has 3 heteroatoms. The van der Waals surface area contributed by atoms with Gasteiger partial charge in [-0.25, -0.2) is 0 Å². The van der Waals surface area contributed by atoms with Crippen molar-refractivity contribution in [2.24, 2.45) is 5.10 Å². The molecule has 0 fully saturated rings. The molecule has 0 bridgehead atoms. The van der Waals surface area contributed by atoms with E-state index in [1.807, 2.05) is 42.5 Å². The molecule has 0 atom stereocenters. The molecule has 0 saturated carbocycles. The zero-order chi connectivity index (χ0) is 14.6. The number of para-hydroxylation sites is 1. The predicted octanol–water partition coefficient (Wildman–Crippen LogP) is 5.00. The van der Waals surface area contributed by atoms with Crippen molar-refractivity contribution in [2.75, 3.05) is 5.43 Å². The van der Waals surface area contributed by atoms with E-state index in [9.17, 15) is 0 Å². The SMILES string of the molecule is CC(C)(C)c1ccc(/C(Cl)=N/Nc2ccccc2)cc1. The monoisotopic (exact) mass is 286 g/mol. The second-order valence-corrected chi connectivity index (χ2v) is 6.07. The van der Waals surface area contributed by atoms with Crippen LogP contribution in [0.4, 0.5) is 5.69 Å². The number of hydrogen-bond acceptors (Lipinski definition) is 2. The van der Waals surface area contributed by atoms with Gasteiger partial charge in [0.15, 0.2) is 5.17 Å². The third-order valence-electron chi connectivity index (χ3n) is 3.05. The van der Waals surface area contributed by atoms with Crippen LogP contribution in [0.5, 0.6) is 0 Å². The Hall–Kier alpha value is -1.80. The van der Waals surface area contributed by atoms with Gasteiger partial charge < -0.3 is 0 Å². The maximum atomic E-state index is 6.21. The summed E-state index contributed by atoms with van der Waals surface area (Å²) in [5.74, 6) is 0. The van der Waals surface area contributed by atoms with E-state index in [2.05, 4.69) is 43.4 Å². The summed E-state index contributed by atoms with van der Waals surface area (Å²) in [4.78, 5) is 0. The molecule has 0 amide bonds. The lowest BCUT2D eigenvalue weighted by atomic mass is 9.87. The number of rotatable bonds is 3. The summed E-state index contributed by atoms with van der Waals surface area (Å²) in [6.45, 7) is 6.57. The second kappa shape index (κ2) is 6.10. The Morgan fingerprint density at radius 1 is 0.950 bits per heavy atom. The van der Waals surface area contributed by atoms with E-state index in [-0.39, 0.29) is 5.41 Å². The van der Waals surface area contributed by atoms with Gasteiger partial charge in [-0.2, -0.15) is 5.10 Å².